The molecule has 1 aliphatic heterocycles. The molecule has 0 spiro atoms. The second kappa shape index (κ2) is 7.33. The van der Waals surface area contributed by atoms with Gasteiger partial charge in [-0.15, -0.1) is 0 Å². The van der Waals surface area contributed by atoms with Crippen LogP contribution in [0.3, 0.4) is 0 Å². The van der Waals surface area contributed by atoms with Gasteiger partial charge in [0.05, 0.1) is 23.5 Å². The molecule has 27 heavy (non-hydrogen) atoms. The van der Waals surface area contributed by atoms with Crippen LogP contribution in [0.15, 0.2) is 24.3 Å². The Morgan fingerprint density at radius 3 is 2.70 bits per heavy atom. The first-order valence-corrected chi connectivity index (χ1v) is 9.99. The fourth-order valence-electron chi connectivity index (χ4n) is 4.58. The molecule has 144 valence electrons. The summed E-state index contributed by atoms with van der Waals surface area (Å²) in [4.78, 5) is 33.8. The molecule has 1 aliphatic carbocycles. The molecule has 0 radical (unpaired) electrons. The van der Waals surface area contributed by atoms with Crippen molar-refractivity contribution < 1.29 is 9.59 Å². The number of aryl methyl sites for hydroxylation is 1. The Morgan fingerprint density at radius 2 is 1.96 bits per heavy atom. The highest BCUT2D eigenvalue weighted by molar-refractivity contribution is 5.89. The van der Waals surface area contributed by atoms with Gasteiger partial charge in [-0.2, -0.15) is 0 Å². The molecule has 4 rings (SSSR count). The van der Waals surface area contributed by atoms with E-state index in [1.165, 1.54) is 19.3 Å². The molecule has 1 atom stereocenters. The van der Waals surface area contributed by atoms with Crippen LogP contribution in [0.25, 0.3) is 11.0 Å². The van der Waals surface area contributed by atoms with E-state index in [-0.39, 0.29) is 17.7 Å². The number of hydrogen-bond donors (Lipinski definition) is 0. The molecule has 1 saturated heterocycles. The number of nitrogens with zero attached hydrogens (tertiary/aromatic N) is 4. The van der Waals surface area contributed by atoms with Crippen molar-refractivity contribution in [1.82, 2.24) is 19.4 Å². The molecule has 1 unspecified atom stereocenters. The van der Waals surface area contributed by atoms with Crippen molar-refractivity contribution in [3.63, 3.8) is 0 Å². The van der Waals surface area contributed by atoms with Crippen LogP contribution in [0.4, 0.5) is 0 Å². The zero-order valence-corrected chi connectivity index (χ0v) is 16.2. The fraction of sp³-hybridized carbons (Fsp3) is 0.571. The predicted octanol–water partition coefficient (Wildman–Crippen LogP) is 2.71. The van der Waals surface area contributed by atoms with Crippen LogP contribution < -0.4 is 0 Å². The second-order valence-corrected chi connectivity index (χ2v) is 8.01. The van der Waals surface area contributed by atoms with Gasteiger partial charge in [0.2, 0.25) is 11.8 Å². The third-order valence-electron chi connectivity index (χ3n) is 6.16. The number of para-hydroxylation sites is 2. The van der Waals surface area contributed by atoms with E-state index in [4.69, 9.17) is 0 Å². The Morgan fingerprint density at radius 1 is 1.22 bits per heavy atom. The van der Waals surface area contributed by atoms with Crippen LogP contribution in [0.1, 0.15) is 44.3 Å². The van der Waals surface area contributed by atoms with E-state index in [0.29, 0.717) is 25.6 Å². The SMILES string of the molecule is CN(Cc1nc2ccccc2n1C)C(=O)C1CC(=O)N(C2CCCCC2)C1. The zero-order chi connectivity index (χ0) is 19.0. The summed E-state index contributed by atoms with van der Waals surface area (Å²) in [5, 5.41) is 0. The largest absolute Gasteiger partial charge is 0.339 e. The lowest BCUT2D eigenvalue weighted by Crippen LogP contribution is -2.39. The van der Waals surface area contributed by atoms with Gasteiger partial charge >= 0.3 is 0 Å². The maximum absolute atomic E-state index is 13.0. The van der Waals surface area contributed by atoms with Crippen molar-refractivity contribution >= 4 is 22.8 Å². The number of rotatable bonds is 4. The average Bonchev–Trinajstić information content (AvgIpc) is 3.22. The van der Waals surface area contributed by atoms with Gasteiger partial charge in [0.15, 0.2) is 0 Å². The van der Waals surface area contributed by atoms with E-state index >= 15 is 0 Å². The van der Waals surface area contributed by atoms with E-state index < -0.39 is 0 Å². The standard InChI is InChI=1S/C21H28N4O2/c1-23(14-19-22-17-10-6-7-11-18(17)24(19)2)21(27)15-12-20(26)25(13-15)16-8-4-3-5-9-16/h6-7,10-11,15-16H,3-5,8-9,12-14H2,1-2H3. The van der Waals surface area contributed by atoms with Gasteiger partial charge in [0.25, 0.3) is 0 Å². The minimum Gasteiger partial charge on any atom is -0.339 e. The maximum Gasteiger partial charge on any atom is 0.228 e. The predicted molar refractivity (Wildman–Crippen MR) is 104 cm³/mol. The van der Waals surface area contributed by atoms with Gasteiger partial charge < -0.3 is 14.4 Å². The maximum atomic E-state index is 13.0. The molecular weight excluding hydrogens is 340 g/mol. The third kappa shape index (κ3) is 3.45. The number of benzene rings is 1. The summed E-state index contributed by atoms with van der Waals surface area (Å²) in [5.41, 5.74) is 2.00. The van der Waals surface area contributed by atoms with Gasteiger partial charge in [-0.1, -0.05) is 31.4 Å². The fourth-order valence-corrected chi connectivity index (χ4v) is 4.58. The first kappa shape index (κ1) is 18.0. The van der Waals surface area contributed by atoms with Crippen LogP contribution in [-0.4, -0.2) is 50.8 Å². The molecule has 2 aliphatic rings. The van der Waals surface area contributed by atoms with Crippen molar-refractivity contribution in [2.24, 2.45) is 13.0 Å². The highest BCUT2D eigenvalue weighted by Crippen LogP contribution is 2.29. The molecule has 0 N–H and O–H groups in total. The molecule has 2 heterocycles. The molecule has 0 bridgehead atoms. The highest BCUT2D eigenvalue weighted by atomic mass is 16.2. The van der Waals surface area contributed by atoms with Crippen LogP contribution >= 0.6 is 0 Å². The van der Waals surface area contributed by atoms with Gasteiger partial charge in [0.1, 0.15) is 5.82 Å². The van der Waals surface area contributed by atoms with Crippen LogP contribution in [0.5, 0.6) is 0 Å². The number of carbonyl (C=O) groups is 2. The Hall–Kier alpha value is -2.37. The molecule has 1 saturated carbocycles. The molecule has 2 aromatic rings. The Bertz CT molecular complexity index is 853. The number of carbonyl (C=O) groups excluding carboxylic acids is 2. The molecule has 6 nitrogen and oxygen atoms in total. The quantitative estimate of drug-likeness (QED) is 0.834. The van der Waals surface area contributed by atoms with Crippen molar-refractivity contribution in [1.29, 1.82) is 0 Å². The van der Waals surface area contributed by atoms with Crippen LogP contribution in [0.2, 0.25) is 0 Å². The molecule has 1 aromatic heterocycles. The van der Waals surface area contributed by atoms with Crippen molar-refractivity contribution in [3.05, 3.63) is 30.1 Å². The minimum absolute atomic E-state index is 0.0497. The molecule has 1 aromatic carbocycles. The second-order valence-electron chi connectivity index (χ2n) is 8.01. The van der Waals surface area contributed by atoms with E-state index in [1.807, 2.05) is 47.8 Å². The summed E-state index contributed by atoms with van der Waals surface area (Å²) in [6.07, 6.45) is 6.17. The van der Waals surface area contributed by atoms with E-state index in [2.05, 4.69) is 4.98 Å². The molecule has 6 heteroatoms. The normalized spacial score (nSPS) is 21.2. The number of imidazole rings is 1. The Labute approximate surface area is 160 Å². The Kier molecular flexibility index (Phi) is 4.89. The lowest BCUT2D eigenvalue weighted by atomic mass is 9.94. The van der Waals surface area contributed by atoms with Gasteiger partial charge in [0, 0.05) is 33.1 Å². The summed E-state index contributed by atoms with van der Waals surface area (Å²) < 4.78 is 2.03. The summed E-state index contributed by atoms with van der Waals surface area (Å²) in [6.45, 7) is 1.04. The van der Waals surface area contributed by atoms with E-state index in [9.17, 15) is 9.59 Å². The topological polar surface area (TPSA) is 58.4 Å². The number of amides is 2. The smallest absolute Gasteiger partial charge is 0.228 e. The van der Waals surface area contributed by atoms with Gasteiger partial charge in [-0.25, -0.2) is 4.98 Å². The number of hydrogen-bond acceptors (Lipinski definition) is 3. The number of aromatic nitrogens is 2. The van der Waals surface area contributed by atoms with Gasteiger partial charge in [-0.3, -0.25) is 9.59 Å². The Balaban J connectivity index is 1.43. The lowest BCUT2D eigenvalue weighted by Gasteiger charge is -2.31. The van der Waals surface area contributed by atoms with Crippen LogP contribution in [-0.2, 0) is 23.2 Å². The monoisotopic (exact) mass is 368 g/mol. The van der Waals surface area contributed by atoms with E-state index in [1.54, 1.807) is 4.90 Å². The summed E-state index contributed by atoms with van der Waals surface area (Å²) in [6, 6.07) is 8.32. The first-order valence-electron chi connectivity index (χ1n) is 9.99. The summed E-state index contributed by atoms with van der Waals surface area (Å²) in [7, 11) is 3.79. The van der Waals surface area contributed by atoms with Crippen molar-refractivity contribution in [2.75, 3.05) is 13.6 Å². The lowest BCUT2D eigenvalue weighted by molar-refractivity contribution is -0.135. The zero-order valence-electron chi connectivity index (χ0n) is 16.2. The van der Waals surface area contributed by atoms with Crippen molar-refractivity contribution in [3.8, 4) is 0 Å². The average molecular weight is 368 g/mol. The molecular formula is C21H28N4O2. The molecule has 2 amide bonds. The van der Waals surface area contributed by atoms with Crippen molar-refractivity contribution in [2.45, 2.75) is 51.1 Å². The highest BCUT2D eigenvalue weighted by Gasteiger charge is 2.39. The van der Waals surface area contributed by atoms with Crippen LogP contribution in [0, 0.1) is 5.92 Å². The minimum atomic E-state index is -0.223. The first-order chi connectivity index (χ1) is 13.0. The number of fused-ring (bicyclic) bond motifs is 1. The van der Waals surface area contributed by atoms with E-state index in [0.717, 1.165) is 29.7 Å². The third-order valence-corrected chi connectivity index (χ3v) is 6.16. The van der Waals surface area contributed by atoms with Gasteiger partial charge in [-0.05, 0) is 25.0 Å². The summed E-state index contributed by atoms with van der Waals surface area (Å²) >= 11 is 0. The molecule has 2 fully saturated rings. The number of likely N-dealkylation sites (tertiary alicyclic amines) is 1. The summed E-state index contributed by atoms with van der Waals surface area (Å²) in [5.74, 6) is 0.838.